The van der Waals surface area contributed by atoms with Crippen molar-refractivity contribution in [3.05, 3.63) is 124 Å². The number of hydrogen-bond acceptors (Lipinski definition) is 8. The fourth-order valence-corrected chi connectivity index (χ4v) is 6.13. The first kappa shape index (κ1) is 27.6. The number of halogens is 1. The maximum atomic E-state index is 13.7. The summed E-state index contributed by atoms with van der Waals surface area (Å²) in [5.74, 6) is -0.102. The van der Waals surface area contributed by atoms with E-state index in [4.69, 9.17) is 9.52 Å². The highest BCUT2D eigenvalue weighted by atomic mass is 32.2. The van der Waals surface area contributed by atoms with Gasteiger partial charge in [0.2, 0.25) is 0 Å². The Balaban J connectivity index is 1.21. The van der Waals surface area contributed by atoms with E-state index in [0.29, 0.717) is 23.9 Å². The van der Waals surface area contributed by atoms with Crippen molar-refractivity contribution < 1.29 is 18.4 Å². The zero-order chi connectivity index (χ0) is 28.9. The number of nitrogens with one attached hydrogen (secondary N) is 1. The van der Waals surface area contributed by atoms with Crippen LogP contribution in [0.3, 0.4) is 0 Å². The second kappa shape index (κ2) is 12.5. The van der Waals surface area contributed by atoms with Crippen molar-refractivity contribution in [3.63, 3.8) is 0 Å². The lowest BCUT2D eigenvalue weighted by Crippen LogP contribution is -2.28. The van der Waals surface area contributed by atoms with E-state index in [2.05, 4.69) is 15.5 Å². The van der Waals surface area contributed by atoms with Gasteiger partial charge in [-0.25, -0.2) is 9.40 Å². The Kier molecular flexibility index (Phi) is 8.24. The monoisotopic (exact) mass is 600 g/mol. The quantitative estimate of drug-likeness (QED) is 0.212. The topological polar surface area (TPSA) is 106 Å². The van der Waals surface area contributed by atoms with Crippen LogP contribution in [-0.4, -0.2) is 43.1 Å². The molecule has 1 aliphatic rings. The van der Waals surface area contributed by atoms with Crippen LogP contribution in [0.4, 0.5) is 4.39 Å². The van der Waals surface area contributed by atoms with Gasteiger partial charge in [0.25, 0.3) is 11.8 Å². The van der Waals surface area contributed by atoms with Crippen molar-refractivity contribution in [2.45, 2.75) is 30.7 Å². The summed E-state index contributed by atoms with van der Waals surface area (Å²) in [4.78, 5) is 27.0. The van der Waals surface area contributed by atoms with Gasteiger partial charge in [-0.15, -0.1) is 21.5 Å². The zero-order valence-corrected chi connectivity index (χ0v) is 23.9. The molecule has 212 valence electrons. The van der Waals surface area contributed by atoms with Gasteiger partial charge in [0, 0.05) is 6.42 Å². The minimum Gasteiger partial charge on any atom is -0.459 e. The van der Waals surface area contributed by atoms with Gasteiger partial charge in [0.05, 0.1) is 41.7 Å². The third kappa shape index (κ3) is 6.19. The molecular weight excluding hydrogens is 576 g/mol. The van der Waals surface area contributed by atoms with Crippen molar-refractivity contribution >= 4 is 40.6 Å². The van der Waals surface area contributed by atoms with E-state index in [1.165, 1.54) is 35.2 Å². The highest BCUT2D eigenvalue weighted by Gasteiger charge is 2.33. The predicted octanol–water partition coefficient (Wildman–Crippen LogP) is 5.52. The molecular formula is C30H25FN6O3S2. The summed E-state index contributed by atoms with van der Waals surface area (Å²) < 4.78 is 20.7. The van der Waals surface area contributed by atoms with E-state index in [-0.39, 0.29) is 41.7 Å². The largest absolute Gasteiger partial charge is 0.459 e. The van der Waals surface area contributed by atoms with E-state index < -0.39 is 0 Å². The SMILES string of the molecule is O=C(NCc1nnc(SCC(=O)N2N=C(c3cccs3)C[C@@H]2c2ccc(F)cc2)n1Cc1ccccc1)c1ccco1. The summed E-state index contributed by atoms with van der Waals surface area (Å²) in [5, 5.41) is 20.2. The second-order valence-corrected chi connectivity index (χ2v) is 11.3. The Morgan fingerprint density at radius 1 is 1.02 bits per heavy atom. The summed E-state index contributed by atoms with van der Waals surface area (Å²) in [6.07, 6.45) is 1.97. The number of nitrogens with zero attached hydrogens (tertiary/aromatic N) is 5. The van der Waals surface area contributed by atoms with Gasteiger partial charge in [0.1, 0.15) is 5.82 Å². The third-order valence-corrected chi connectivity index (χ3v) is 8.55. The summed E-state index contributed by atoms with van der Waals surface area (Å²) in [6, 6.07) is 22.8. The number of benzene rings is 2. The van der Waals surface area contributed by atoms with Crippen molar-refractivity contribution in [2.75, 3.05) is 5.75 Å². The van der Waals surface area contributed by atoms with E-state index >= 15 is 0 Å². The Morgan fingerprint density at radius 2 is 1.86 bits per heavy atom. The molecule has 0 radical (unpaired) electrons. The highest BCUT2D eigenvalue weighted by Crippen LogP contribution is 2.34. The van der Waals surface area contributed by atoms with Crippen LogP contribution in [0.2, 0.25) is 0 Å². The van der Waals surface area contributed by atoms with Gasteiger partial charge in [-0.1, -0.05) is 60.3 Å². The second-order valence-electron chi connectivity index (χ2n) is 9.45. The molecule has 9 nitrogen and oxygen atoms in total. The Morgan fingerprint density at radius 3 is 2.60 bits per heavy atom. The standard InChI is InChI=1S/C30H25FN6O3S2/c31-22-12-10-21(11-13-22)24-16-23(26-9-5-15-41-26)35-37(24)28(38)19-42-30-34-33-27(17-32-29(39)25-8-4-14-40-25)36(30)18-20-6-2-1-3-7-20/h1-15,24H,16-19H2,(H,32,39)/t24-/m1/s1. The third-order valence-electron chi connectivity index (χ3n) is 6.68. The molecule has 4 heterocycles. The lowest BCUT2D eigenvalue weighted by Gasteiger charge is -2.22. The molecule has 0 saturated carbocycles. The Labute approximate surface area is 249 Å². The Hall–Kier alpha value is -4.55. The molecule has 2 amide bonds. The molecule has 0 bridgehead atoms. The number of carbonyl (C=O) groups is 2. The van der Waals surface area contributed by atoms with Gasteiger partial charge in [-0.05, 0) is 46.8 Å². The van der Waals surface area contributed by atoms with Crippen molar-refractivity contribution in [1.29, 1.82) is 0 Å². The molecule has 0 spiro atoms. The number of amides is 2. The summed E-state index contributed by atoms with van der Waals surface area (Å²) in [7, 11) is 0. The maximum Gasteiger partial charge on any atom is 0.287 e. The number of furan rings is 1. The average molecular weight is 601 g/mol. The minimum absolute atomic E-state index is 0.0601. The molecule has 0 unspecified atom stereocenters. The van der Waals surface area contributed by atoms with Crippen LogP contribution in [0.5, 0.6) is 0 Å². The van der Waals surface area contributed by atoms with Crippen molar-refractivity contribution in [1.82, 2.24) is 25.1 Å². The molecule has 0 fully saturated rings. The van der Waals surface area contributed by atoms with Crippen molar-refractivity contribution in [2.24, 2.45) is 5.10 Å². The number of thiophene rings is 1. The number of hydrogen-bond donors (Lipinski definition) is 1. The van der Waals surface area contributed by atoms with Gasteiger partial charge < -0.3 is 14.3 Å². The smallest absolute Gasteiger partial charge is 0.287 e. The summed E-state index contributed by atoms with van der Waals surface area (Å²) in [6.45, 7) is 0.583. The number of thioether (sulfide) groups is 1. The number of hydrazone groups is 1. The molecule has 6 rings (SSSR count). The van der Waals surface area contributed by atoms with Crippen LogP contribution < -0.4 is 5.32 Å². The molecule has 1 aliphatic heterocycles. The van der Waals surface area contributed by atoms with Gasteiger partial charge in [0.15, 0.2) is 16.7 Å². The van der Waals surface area contributed by atoms with E-state index in [1.54, 1.807) is 35.6 Å². The fourth-order valence-electron chi connectivity index (χ4n) is 4.60. The summed E-state index contributed by atoms with van der Waals surface area (Å²) >= 11 is 2.82. The van der Waals surface area contributed by atoms with Crippen LogP contribution in [0.15, 0.2) is 105 Å². The lowest BCUT2D eigenvalue weighted by molar-refractivity contribution is -0.130. The van der Waals surface area contributed by atoms with Gasteiger partial charge in [-0.2, -0.15) is 5.10 Å². The molecule has 0 saturated heterocycles. The molecule has 3 aromatic heterocycles. The van der Waals surface area contributed by atoms with Crippen LogP contribution in [0.25, 0.3) is 0 Å². The molecule has 2 aromatic carbocycles. The van der Waals surface area contributed by atoms with Crippen LogP contribution in [0.1, 0.15) is 44.8 Å². The summed E-state index contributed by atoms with van der Waals surface area (Å²) in [5.41, 5.74) is 2.65. The molecule has 0 aliphatic carbocycles. The van der Waals surface area contributed by atoms with Crippen LogP contribution in [0, 0.1) is 5.82 Å². The highest BCUT2D eigenvalue weighted by molar-refractivity contribution is 7.99. The van der Waals surface area contributed by atoms with Crippen molar-refractivity contribution in [3.8, 4) is 0 Å². The first-order valence-corrected chi connectivity index (χ1v) is 15.0. The molecule has 1 N–H and O–H groups in total. The predicted molar refractivity (Wildman–Crippen MR) is 158 cm³/mol. The number of rotatable bonds is 10. The zero-order valence-electron chi connectivity index (χ0n) is 22.2. The van der Waals surface area contributed by atoms with E-state index in [9.17, 15) is 14.0 Å². The fraction of sp³-hybridized carbons (Fsp3) is 0.167. The van der Waals surface area contributed by atoms with Gasteiger partial charge in [-0.3, -0.25) is 9.59 Å². The average Bonchev–Trinajstić information content (AvgIpc) is 3.83. The molecule has 5 aromatic rings. The maximum absolute atomic E-state index is 13.7. The lowest BCUT2D eigenvalue weighted by atomic mass is 10.0. The first-order chi connectivity index (χ1) is 20.5. The van der Waals surface area contributed by atoms with E-state index in [1.807, 2.05) is 52.4 Å². The van der Waals surface area contributed by atoms with Crippen LogP contribution >= 0.6 is 23.1 Å². The van der Waals surface area contributed by atoms with E-state index in [0.717, 1.165) is 21.7 Å². The van der Waals surface area contributed by atoms with Gasteiger partial charge >= 0.3 is 0 Å². The molecule has 42 heavy (non-hydrogen) atoms. The molecule has 1 atom stereocenters. The van der Waals surface area contributed by atoms with Crippen LogP contribution in [-0.2, 0) is 17.9 Å². The normalized spacial score (nSPS) is 14.6. The minimum atomic E-state index is -0.362. The Bertz CT molecular complexity index is 1690. The number of carbonyl (C=O) groups excluding carboxylic acids is 2. The first-order valence-electron chi connectivity index (χ1n) is 13.1. The molecule has 12 heteroatoms. The number of aromatic nitrogens is 3.